The lowest BCUT2D eigenvalue weighted by atomic mass is 10.3. The molecule has 0 radical (unpaired) electrons. The highest BCUT2D eigenvalue weighted by Crippen LogP contribution is 2.22. The topological polar surface area (TPSA) is 72.9 Å². The smallest absolute Gasteiger partial charge is 0.317 e. The van der Waals surface area contributed by atoms with Crippen molar-refractivity contribution in [2.45, 2.75) is 6.54 Å². The Hall–Kier alpha value is -1.12. The number of hydrogen-bond donors (Lipinski definition) is 2. The average molecular weight is 362 g/mol. The van der Waals surface area contributed by atoms with Crippen LogP contribution in [0.3, 0.4) is 0 Å². The van der Waals surface area contributed by atoms with Gasteiger partial charge in [-0.05, 0) is 27.4 Å². The predicted molar refractivity (Wildman–Crippen MR) is 79.9 cm³/mol. The monoisotopic (exact) mass is 361 g/mol. The second-order valence-electron chi connectivity index (χ2n) is 4.51. The highest BCUT2D eigenvalue weighted by Gasteiger charge is 2.22. The van der Waals surface area contributed by atoms with Gasteiger partial charge in [-0.2, -0.15) is 0 Å². The number of aliphatic carboxylic acids is 1. The Morgan fingerprint density at radius 2 is 2.05 bits per heavy atom. The van der Waals surface area contributed by atoms with Crippen LogP contribution in [0.5, 0.6) is 0 Å². The molecule has 0 aliphatic carbocycles. The number of carbonyl (C=O) groups excluding carboxylic acids is 1. The van der Waals surface area contributed by atoms with Crippen LogP contribution in [-0.2, 0) is 11.3 Å². The number of urea groups is 1. The van der Waals surface area contributed by atoms with Gasteiger partial charge in [0.1, 0.15) is 0 Å². The molecule has 1 aliphatic rings. The molecule has 110 valence electrons. The third kappa shape index (κ3) is 4.19. The van der Waals surface area contributed by atoms with Crippen LogP contribution in [-0.4, -0.2) is 59.6 Å². The molecule has 20 heavy (non-hydrogen) atoms. The minimum atomic E-state index is -0.828. The number of carbonyl (C=O) groups is 2. The number of rotatable bonds is 4. The first-order chi connectivity index (χ1) is 9.56. The van der Waals surface area contributed by atoms with E-state index in [9.17, 15) is 9.59 Å². The van der Waals surface area contributed by atoms with E-state index >= 15 is 0 Å². The zero-order valence-electron chi connectivity index (χ0n) is 10.8. The van der Waals surface area contributed by atoms with Gasteiger partial charge in [-0.15, -0.1) is 11.3 Å². The molecule has 0 unspecified atom stereocenters. The fourth-order valence-electron chi connectivity index (χ4n) is 2.02. The van der Waals surface area contributed by atoms with E-state index in [0.717, 1.165) is 9.35 Å². The van der Waals surface area contributed by atoms with Gasteiger partial charge in [0.05, 0.1) is 13.1 Å². The lowest BCUT2D eigenvalue weighted by Gasteiger charge is -2.33. The van der Waals surface area contributed by atoms with E-state index in [0.29, 0.717) is 32.7 Å². The minimum absolute atomic E-state index is 0.0393. The molecule has 0 saturated carbocycles. The van der Waals surface area contributed by atoms with Gasteiger partial charge in [0.25, 0.3) is 0 Å². The fourth-order valence-corrected chi connectivity index (χ4v) is 3.45. The SMILES string of the molecule is O=C(O)CN1CCN(C(=O)NCc2sccc2Br)CC1. The van der Waals surface area contributed by atoms with E-state index in [2.05, 4.69) is 21.2 Å². The highest BCUT2D eigenvalue weighted by molar-refractivity contribution is 9.10. The predicted octanol–water partition coefficient (Wildman–Crippen LogP) is 1.42. The summed E-state index contributed by atoms with van der Waals surface area (Å²) in [5.41, 5.74) is 0. The number of amides is 2. The van der Waals surface area contributed by atoms with Gasteiger partial charge in [-0.25, -0.2) is 4.79 Å². The summed E-state index contributed by atoms with van der Waals surface area (Å²) in [6.45, 7) is 2.87. The second kappa shape index (κ2) is 7.05. The Kier molecular flexibility index (Phi) is 5.38. The molecule has 6 nitrogen and oxygen atoms in total. The van der Waals surface area contributed by atoms with Gasteiger partial charge in [-0.1, -0.05) is 0 Å². The van der Waals surface area contributed by atoms with Crippen LogP contribution in [0.1, 0.15) is 4.88 Å². The van der Waals surface area contributed by atoms with Crippen molar-refractivity contribution in [3.8, 4) is 0 Å². The maximum Gasteiger partial charge on any atom is 0.317 e. The molecule has 2 rings (SSSR count). The maximum atomic E-state index is 12.0. The Bertz CT molecular complexity index is 486. The Morgan fingerprint density at radius 1 is 1.35 bits per heavy atom. The zero-order valence-corrected chi connectivity index (χ0v) is 13.2. The summed E-state index contributed by atoms with van der Waals surface area (Å²) >= 11 is 5.02. The summed E-state index contributed by atoms with van der Waals surface area (Å²) in [5.74, 6) is -0.828. The number of piperazine rings is 1. The molecule has 1 aliphatic heterocycles. The molecular weight excluding hydrogens is 346 g/mol. The van der Waals surface area contributed by atoms with Crippen molar-refractivity contribution >= 4 is 39.3 Å². The number of halogens is 1. The van der Waals surface area contributed by atoms with Crippen LogP contribution in [0.15, 0.2) is 15.9 Å². The Balaban J connectivity index is 1.74. The number of carboxylic acids is 1. The Morgan fingerprint density at radius 3 is 2.60 bits per heavy atom. The van der Waals surface area contributed by atoms with E-state index in [1.807, 2.05) is 16.3 Å². The molecule has 1 aromatic heterocycles. The first-order valence-electron chi connectivity index (χ1n) is 6.25. The molecule has 2 amide bonds. The van der Waals surface area contributed by atoms with Gasteiger partial charge in [0, 0.05) is 35.5 Å². The van der Waals surface area contributed by atoms with Crippen LogP contribution >= 0.6 is 27.3 Å². The van der Waals surface area contributed by atoms with Crippen LogP contribution in [0.25, 0.3) is 0 Å². The summed E-state index contributed by atoms with van der Waals surface area (Å²) in [4.78, 5) is 27.3. The average Bonchev–Trinajstić information content (AvgIpc) is 2.82. The first kappa shape index (κ1) is 15.3. The standard InChI is InChI=1S/C12H16BrN3O3S/c13-9-1-6-20-10(9)7-14-12(19)16-4-2-15(3-5-16)8-11(17)18/h1,6H,2-5,7-8H2,(H,14,19)(H,17,18). The van der Waals surface area contributed by atoms with E-state index in [-0.39, 0.29) is 12.6 Å². The van der Waals surface area contributed by atoms with E-state index in [1.54, 1.807) is 16.2 Å². The largest absolute Gasteiger partial charge is 0.480 e. The van der Waals surface area contributed by atoms with Crippen molar-refractivity contribution in [2.75, 3.05) is 32.7 Å². The highest BCUT2D eigenvalue weighted by atomic mass is 79.9. The normalized spacial score (nSPS) is 16.1. The zero-order chi connectivity index (χ0) is 14.5. The van der Waals surface area contributed by atoms with Crippen molar-refractivity contribution in [1.82, 2.24) is 15.1 Å². The molecule has 2 heterocycles. The van der Waals surface area contributed by atoms with Gasteiger partial charge in [-0.3, -0.25) is 9.69 Å². The van der Waals surface area contributed by atoms with Gasteiger partial charge >= 0.3 is 12.0 Å². The van der Waals surface area contributed by atoms with E-state index in [4.69, 9.17) is 5.11 Å². The third-order valence-corrected chi connectivity index (χ3v) is 5.04. The molecule has 1 fully saturated rings. The summed E-state index contributed by atoms with van der Waals surface area (Å²) in [6.07, 6.45) is 0. The molecular formula is C12H16BrN3O3S. The van der Waals surface area contributed by atoms with E-state index < -0.39 is 5.97 Å². The number of nitrogens with zero attached hydrogens (tertiary/aromatic N) is 2. The summed E-state index contributed by atoms with van der Waals surface area (Å²) < 4.78 is 1.01. The molecule has 2 N–H and O–H groups in total. The van der Waals surface area contributed by atoms with Crippen LogP contribution in [0.4, 0.5) is 4.79 Å². The minimum Gasteiger partial charge on any atom is -0.480 e. The molecule has 8 heteroatoms. The van der Waals surface area contributed by atoms with Crippen molar-refractivity contribution in [1.29, 1.82) is 0 Å². The molecule has 0 atom stereocenters. The van der Waals surface area contributed by atoms with Gasteiger partial charge in [0.15, 0.2) is 0 Å². The number of carboxylic acid groups (broad SMARTS) is 1. The molecule has 1 aromatic rings. The third-order valence-electron chi connectivity index (χ3n) is 3.11. The molecule has 0 spiro atoms. The van der Waals surface area contributed by atoms with Gasteiger partial charge < -0.3 is 15.3 Å². The number of hydrogen-bond acceptors (Lipinski definition) is 4. The van der Waals surface area contributed by atoms with Crippen molar-refractivity contribution in [3.63, 3.8) is 0 Å². The van der Waals surface area contributed by atoms with Crippen molar-refractivity contribution in [2.24, 2.45) is 0 Å². The van der Waals surface area contributed by atoms with Crippen LogP contribution in [0.2, 0.25) is 0 Å². The Labute approximate surface area is 129 Å². The first-order valence-corrected chi connectivity index (χ1v) is 7.92. The summed E-state index contributed by atoms with van der Waals surface area (Å²) in [5, 5.41) is 13.6. The van der Waals surface area contributed by atoms with Crippen LogP contribution in [0, 0.1) is 0 Å². The number of thiophene rings is 1. The van der Waals surface area contributed by atoms with Crippen LogP contribution < -0.4 is 5.32 Å². The lowest BCUT2D eigenvalue weighted by Crippen LogP contribution is -2.52. The maximum absolute atomic E-state index is 12.0. The fraction of sp³-hybridized carbons (Fsp3) is 0.500. The summed E-state index contributed by atoms with van der Waals surface area (Å²) in [6, 6.07) is 1.86. The quantitative estimate of drug-likeness (QED) is 0.850. The van der Waals surface area contributed by atoms with Gasteiger partial charge in [0.2, 0.25) is 0 Å². The molecule has 0 bridgehead atoms. The van der Waals surface area contributed by atoms with Crippen molar-refractivity contribution in [3.05, 3.63) is 20.8 Å². The second-order valence-corrected chi connectivity index (χ2v) is 6.36. The lowest BCUT2D eigenvalue weighted by molar-refractivity contribution is -0.138. The number of nitrogens with one attached hydrogen (secondary N) is 1. The summed E-state index contributed by atoms with van der Waals surface area (Å²) in [7, 11) is 0. The molecule has 1 saturated heterocycles. The molecule has 0 aromatic carbocycles. The van der Waals surface area contributed by atoms with E-state index in [1.165, 1.54) is 0 Å². The van der Waals surface area contributed by atoms with Crippen molar-refractivity contribution < 1.29 is 14.7 Å².